The molecule has 1 saturated heterocycles. The van der Waals surface area contributed by atoms with Gasteiger partial charge in [-0.15, -0.1) is 0 Å². The number of aromatic amines is 3. The number of halogens is 1. The third-order valence-electron chi connectivity index (χ3n) is 18.1. The monoisotopic (exact) mass is 1410 g/mol. The summed E-state index contributed by atoms with van der Waals surface area (Å²) in [6, 6.07) is 68.4. The molecule has 1 aliphatic heterocycles. The first kappa shape index (κ1) is 71.7. The lowest BCUT2D eigenvalue weighted by Crippen LogP contribution is -2.52. The molecule has 4 amide bonds. The van der Waals surface area contributed by atoms with Gasteiger partial charge in [0.25, 0.3) is 34.5 Å². The molecule has 3 aliphatic rings. The maximum Gasteiger partial charge on any atom is 0.258 e. The normalized spacial score (nSPS) is 14.5. The number of nitrogens with one attached hydrogen (secondary N) is 9. The molecule has 10 N–H and O–H groups in total. The van der Waals surface area contributed by atoms with Crippen LogP contribution in [-0.2, 0) is 17.8 Å². The lowest BCUT2D eigenvalue weighted by molar-refractivity contribution is -0.112. The van der Waals surface area contributed by atoms with Gasteiger partial charge in [0.15, 0.2) is 0 Å². The highest BCUT2D eigenvalue weighted by molar-refractivity contribution is 6.31. The smallest absolute Gasteiger partial charge is 0.258 e. The maximum atomic E-state index is 12.2. The molecule has 10 aromatic carbocycles. The Labute approximate surface area is 606 Å². The Bertz CT molecular complexity index is 4890. The molecule has 0 radical (unpaired) electrons. The van der Waals surface area contributed by atoms with E-state index < -0.39 is 5.43 Å². The van der Waals surface area contributed by atoms with Crippen molar-refractivity contribution in [2.75, 3.05) is 45.0 Å². The molecule has 20 nitrogen and oxygen atoms in total. The summed E-state index contributed by atoms with van der Waals surface area (Å²) in [5.41, 5.74) is 15.7. The van der Waals surface area contributed by atoms with Gasteiger partial charge in [-0.1, -0.05) is 163 Å². The molecule has 2 aliphatic carbocycles. The highest BCUT2D eigenvalue weighted by Crippen LogP contribution is 2.31. The van der Waals surface area contributed by atoms with Crippen LogP contribution in [0.1, 0.15) is 109 Å². The molecule has 3 aromatic heterocycles. The summed E-state index contributed by atoms with van der Waals surface area (Å²) in [5.74, 6) is 0.690. The number of benzene rings is 9. The van der Waals surface area contributed by atoms with Gasteiger partial charge in [0.1, 0.15) is 11.4 Å². The van der Waals surface area contributed by atoms with Crippen molar-refractivity contribution < 1.29 is 24.3 Å². The van der Waals surface area contributed by atoms with Gasteiger partial charge in [-0.3, -0.25) is 49.6 Å². The summed E-state index contributed by atoms with van der Waals surface area (Å²) in [6.45, 7) is 8.22. The molecule has 2 fully saturated rings. The van der Waals surface area contributed by atoms with Gasteiger partial charge >= 0.3 is 0 Å². The van der Waals surface area contributed by atoms with E-state index in [1.165, 1.54) is 44.1 Å². The van der Waals surface area contributed by atoms with E-state index in [4.69, 9.17) is 16.7 Å². The van der Waals surface area contributed by atoms with Crippen LogP contribution >= 0.6 is 11.6 Å². The Morgan fingerprint density at radius 3 is 1.51 bits per heavy atom. The first-order chi connectivity index (χ1) is 50.6. The van der Waals surface area contributed by atoms with Crippen LogP contribution in [0.2, 0.25) is 5.02 Å². The molecular weight excluding hydrogens is 1330 g/mol. The minimum absolute atomic E-state index is 0.0299. The molecule has 2 atom stereocenters. The fraction of sp³-hybridized carbons (Fsp3) is 0.193. The molecule has 1 saturated carbocycles. The number of carbonyl (C=O) groups excluding carboxylic acids is 4. The van der Waals surface area contributed by atoms with Gasteiger partial charge in [-0.2, -0.15) is 0 Å². The van der Waals surface area contributed by atoms with Gasteiger partial charge < -0.3 is 36.0 Å². The number of aliphatic hydroxyl groups is 1. The molecule has 104 heavy (non-hydrogen) atoms. The number of aromatic nitrogens is 6. The predicted octanol–water partition coefficient (Wildman–Crippen LogP) is 16.0. The Balaban J connectivity index is 0.000000123. The number of likely N-dealkylation sites (tertiary alicyclic amines) is 1. The minimum Gasteiger partial charge on any atom is -0.392 e. The van der Waals surface area contributed by atoms with Crippen LogP contribution in [0.15, 0.2) is 234 Å². The first-order valence-corrected chi connectivity index (χ1v) is 35.1. The number of hydrogen-bond acceptors (Lipinski definition) is 13. The Morgan fingerprint density at radius 2 is 0.981 bits per heavy atom. The highest BCUT2D eigenvalue weighted by Gasteiger charge is 2.34. The van der Waals surface area contributed by atoms with Crippen molar-refractivity contribution in [3.05, 3.63) is 300 Å². The molecule has 4 heterocycles. The largest absolute Gasteiger partial charge is 0.392 e. The third kappa shape index (κ3) is 18.7. The van der Waals surface area contributed by atoms with E-state index >= 15 is 0 Å². The number of nitrogens with zero attached hydrogens (tertiary/aromatic N) is 4. The van der Waals surface area contributed by atoms with Crippen molar-refractivity contribution in [1.82, 2.24) is 34.8 Å². The van der Waals surface area contributed by atoms with E-state index in [2.05, 4.69) is 66.7 Å². The third-order valence-corrected chi connectivity index (χ3v) is 18.3. The zero-order chi connectivity index (χ0) is 72.5. The molecular formula is C83H80ClN13O7. The highest BCUT2D eigenvalue weighted by atomic mass is 35.5. The SMILES string of the molecule is Cc1ccc(Nc2c(NC3CCCC[C@H]3N3CCCCC3)c(=O)c2=O)cc1.Cc1cccc(C(=O)Nc2nc3ccccc3[nH]2)c1.Cc1cccc(C(=O)Nc2nc3ccccc3[nH]2)c1.O=C(Nc1cccc(CO)c1)C1=Cc2ccccc2C1.O=C(Nc1nc2ccccc2[nH]1)c1cccc(Cl)c1. The summed E-state index contributed by atoms with van der Waals surface area (Å²) in [6.07, 6.45) is 11.1. The summed E-state index contributed by atoms with van der Waals surface area (Å²) in [7, 11) is 0. The van der Waals surface area contributed by atoms with E-state index in [0.29, 0.717) is 69.1 Å². The number of fused-ring (bicyclic) bond motifs is 4. The standard InChI is InChI=1S/C22H29N3O2.C17H15NO2.2C15H13N3O.C14H10ClN3O/c1-15-9-11-16(12-10-15)23-19-20(22(27)21(19)26)24-17-7-3-4-8-18(17)25-13-5-2-6-14-25;19-11-12-4-3-7-16(8-12)18-17(20)15-9-13-5-1-2-6-14(13)10-15;2*1-10-5-4-6-11(9-10)14(19)18-15-16-12-7-2-3-8-13(12)17-15;15-10-5-3-4-9(8-10)13(19)18-14-16-11-6-1-2-7-12(11)17-14/h9-12,17-18,23-24H,2-8,13-14H2,1H3;1-9,19H,10-11H2,(H,18,20);2*2-9H,1H3,(H2,16,17,18,19);1-8H,(H2,16,17,18,19)/t17?,18-;;;;/m1..../s1. The maximum absolute atomic E-state index is 12.2. The number of anilines is 7. The lowest BCUT2D eigenvalue weighted by atomic mass is 9.87. The number of rotatable bonds is 14. The number of piperidine rings is 1. The Morgan fingerprint density at radius 1 is 0.481 bits per heavy atom. The number of aryl methyl sites for hydroxylation is 3. The first-order valence-electron chi connectivity index (χ1n) is 34.7. The van der Waals surface area contributed by atoms with Gasteiger partial charge in [0.2, 0.25) is 17.8 Å². The van der Waals surface area contributed by atoms with Crippen molar-refractivity contribution in [3.8, 4) is 0 Å². The lowest BCUT2D eigenvalue weighted by Gasteiger charge is -2.42. The summed E-state index contributed by atoms with van der Waals surface area (Å²) in [5, 5.41) is 27.4. The summed E-state index contributed by atoms with van der Waals surface area (Å²) >= 11 is 5.85. The second-order valence-corrected chi connectivity index (χ2v) is 26.3. The van der Waals surface area contributed by atoms with Crippen molar-refractivity contribution in [2.24, 2.45) is 0 Å². The fourth-order valence-electron chi connectivity index (χ4n) is 12.7. The number of aliphatic hydroxyl groups excluding tert-OH is 1. The van der Waals surface area contributed by atoms with Crippen LogP contribution in [0.25, 0.3) is 39.2 Å². The fourth-order valence-corrected chi connectivity index (χ4v) is 12.9. The Kier molecular flexibility index (Phi) is 23.5. The molecule has 16 rings (SSSR count). The van der Waals surface area contributed by atoms with Crippen LogP contribution in [0.3, 0.4) is 0 Å². The average molecular weight is 1410 g/mol. The Hall–Kier alpha value is -12.1. The summed E-state index contributed by atoms with van der Waals surface area (Å²) in [4.78, 5) is 97.5. The van der Waals surface area contributed by atoms with Crippen LogP contribution in [0.4, 0.5) is 40.6 Å². The zero-order valence-electron chi connectivity index (χ0n) is 57.9. The van der Waals surface area contributed by atoms with Crippen LogP contribution < -0.4 is 42.8 Å². The molecule has 526 valence electrons. The number of para-hydroxylation sites is 6. The van der Waals surface area contributed by atoms with E-state index in [0.717, 1.165) is 91.7 Å². The molecule has 0 bridgehead atoms. The van der Waals surface area contributed by atoms with Crippen molar-refractivity contribution in [1.29, 1.82) is 0 Å². The van der Waals surface area contributed by atoms with Crippen molar-refractivity contribution >= 4 is 115 Å². The van der Waals surface area contributed by atoms with Crippen molar-refractivity contribution in [3.63, 3.8) is 0 Å². The topological polar surface area (TPSA) is 284 Å². The van der Waals surface area contributed by atoms with Gasteiger partial charge in [0, 0.05) is 57.2 Å². The molecule has 13 aromatic rings. The van der Waals surface area contributed by atoms with E-state index in [-0.39, 0.29) is 41.7 Å². The second kappa shape index (κ2) is 34.0. The average Bonchev–Trinajstić information content (AvgIpc) is 1.42. The van der Waals surface area contributed by atoms with Gasteiger partial charge in [-0.25, -0.2) is 15.0 Å². The van der Waals surface area contributed by atoms with Gasteiger partial charge in [0.05, 0.1) is 39.7 Å². The van der Waals surface area contributed by atoms with Gasteiger partial charge in [-0.05, 0) is 185 Å². The predicted molar refractivity (Wildman–Crippen MR) is 416 cm³/mol. The van der Waals surface area contributed by atoms with Crippen molar-refractivity contribution in [2.45, 2.75) is 90.8 Å². The molecule has 0 spiro atoms. The number of amides is 4. The minimum atomic E-state index is -0.414. The van der Waals surface area contributed by atoms with Crippen LogP contribution in [0, 0.1) is 20.8 Å². The number of imidazole rings is 3. The summed E-state index contributed by atoms with van der Waals surface area (Å²) < 4.78 is 0. The zero-order valence-corrected chi connectivity index (χ0v) is 58.6. The van der Waals surface area contributed by atoms with E-state index in [1.54, 1.807) is 42.5 Å². The van der Waals surface area contributed by atoms with Crippen LogP contribution in [-0.4, -0.2) is 88.7 Å². The van der Waals surface area contributed by atoms with E-state index in [1.807, 2.05) is 203 Å². The number of carbonyl (C=O) groups is 4. The molecule has 21 heteroatoms. The van der Waals surface area contributed by atoms with E-state index in [9.17, 15) is 28.8 Å². The molecule has 1 unspecified atom stereocenters. The quantitative estimate of drug-likeness (QED) is 0.0454. The number of H-pyrrole nitrogens is 3. The number of hydrogen-bond donors (Lipinski definition) is 10. The van der Waals surface area contributed by atoms with Crippen LogP contribution in [0.5, 0.6) is 0 Å². The second-order valence-electron chi connectivity index (χ2n) is 25.9.